The summed E-state index contributed by atoms with van der Waals surface area (Å²) in [5.74, 6) is -0.0698. The molecule has 3 nitrogen and oxygen atoms in total. The molecule has 0 bridgehead atoms. The Bertz CT molecular complexity index is 606. The monoisotopic (exact) mass is 268 g/mol. The Kier molecular flexibility index (Phi) is 4.51. The molecule has 1 aromatic carbocycles. The lowest BCUT2D eigenvalue weighted by Gasteiger charge is -2.10. The molecular formula is C17H20N2O. The summed E-state index contributed by atoms with van der Waals surface area (Å²) in [6.45, 7) is 6.99. The Hall–Kier alpha value is -2.16. The number of hydrogen-bond acceptors (Lipinski definition) is 2. The third-order valence-corrected chi connectivity index (χ3v) is 3.56. The van der Waals surface area contributed by atoms with Crippen LogP contribution in [-0.2, 0) is 6.42 Å². The van der Waals surface area contributed by atoms with Gasteiger partial charge in [0.25, 0.3) is 5.91 Å². The summed E-state index contributed by atoms with van der Waals surface area (Å²) in [5, 5.41) is 2.93. The number of benzene rings is 1. The fraction of sp³-hybridized carbons (Fsp3) is 0.294. The highest BCUT2D eigenvalue weighted by molar-refractivity contribution is 5.93. The van der Waals surface area contributed by atoms with Crippen LogP contribution in [0, 0.1) is 20.8 Å². The second kappa shape index (κ2) is 6.33. The minimum atomic E-state index is -0.0698. The van der Waals surface area contributed by atoms with Crippen molar-refractivity contribution in [1.29, 1.82) is 0 Å². The highest BCUT2D eigenvalue weighted by atomic mass is 16.1. The van der Waals surface area contributed by atoms with Gasteiger partial charge in [0.1, 0.15) is 0 Å². The van der Waals surface area contributed by atoms with E-state index < -0.39 is 0 Å². The maximum atomic E-state index is 11.9. The standard InChI is InChI=1S/C17H20N2O/c1-12-9-14(3)15(10-13(12)2)6-8-19-17(20)16-5-4-7-18-11-16/h4-5,7,9-11H,6,8H2,1-3H3,(H,19,20). The van der Waals surface area contributed by atoms with Crippen molar-refractivity contribution in [1.82, 2.24) is 10.3 Å². The minimum absolute atomic E-state index is 0.0698. The van der Waals surface area contributed by atoms with Gasteiger partial charge in [-0.2, -0.15) is 0 Å². The van der Waals surface area contributed by atoms with Crippen LogP contribution in [0.1, 0.15) is 32.6 Å². The van der Waals surface area contributed by atoms with Crippen molar-refractivity contribution >= 4 is 5.91 Å². The number of aromatic nitrogens is 1. The van der Waals surface area contributed by atoms with Crippen molar-refractivity contribution in [2.24, 2.45) is 0 Å². The Labute approximate surface area is 120 Å². The Morgan fingerprint density at radius 3 is 2.60 bits per heavy atom. The Morgan fingerprint density at radius 2 is 1.90 bits per heavy atom. The van der Waals surface area contributed by atoms with Gasteiger partial charge < -0.3 is 5.32 Å². The van der Waals surface area contributed by atoms with Crippen molar-refractivity contribution in [3.63, 3.8) is 0 Å². The highest BCUT2D eigenvalue weighted by Gasteiger charge is 2.06. The molecule has 0 atom stereocenters. The van der Waals surface area contributed by atoms with E-state index in [2.05, 4.69) is 43.2 Å². The summed E-state index contributed by atoms with van der Waals surface area (Å²) in [5.41, 5.74) is 5.78. The molecule has 0 radical (unpaired) electrons. The summed E-state index contributed by atoms with van der Waals surface area (Å²) in [4.78, 5) is 15.8. The molecular weight excluding hydrogens is 248 g/mol. The van der Waals surface area contributed by atoms with Crippen LogP contribution in [0.25, 0.3) is 0 Å². The zero-order chi connectivity index (χ0) is 14.5. The van der Waals surface area contributed by atoms with Crippen molar-refractivity contribution in [2.45, 2.75) is 27.2 Å². The van der Waals surface area contributed by atoms with Gasteiger partial charge in [-0.25, -0.2) is 0 Å². The first-order valence-electron chi connectivity index (χ1n) is 6.83. The fourth-order valence-electron chi connectivity index (χ4n) is 2.20. The zero-order valence-corrected chi connectivity index (χ0v) is 12.2. The largest absolute Gasteiger partial charge is 0.352 e. The predicted octanol–water partition coefficient (Wildman–Crippen LogP) is 2.98. The van der Waals surface area contributed by atoms with E-state index in [9.17, 15) is 4.79 Å². The number of carbonyl (C=O) groups is 1. The molecule has 0 aliphatic rings. The minimum Gasteiger partial charge on any atom is -0.352 e. The molecule has 0 aliphatic heterocycles. The molecule has 104 valence electrons. The van der Waals surface area contributed by atoms with Gasteiger partial charge in [0, 0.05) is 18.9 Å². The van der Waals surface area contributed by atoms with Crippen LogP contribution in [-0.4, -0.2) is 17.4 Å². The molecule has 0 spiro atoms. The fourth-order valence-corrected chi connectivity index (χ4v) is 2.20. The summed E-state index contributed by atoms with van der Waals surface area (Å²) < 4.78 is 0. The Morgan fingerprint density at radius 1 is 1.15 bits per heavy atom. The number of aryl methyl sites for hydroxylation is 3. The van der Waals surface area contributed by atoms with Crippen LogP contribution in [0.3, 0.4) is 0 Å². The van der Waals surface area contributed by atoms with Gasteiger partial charge in [-0.05, 0) is 61.6 Å². The van der Waals surface area contributed by atoms with Crippen molar-refractivity contribution in [3.05, 3.63) is 64.5 Å². The second-order valence-electron chi connectivity index (χ2n) is 5.11. The molecule has 20 heavy (non-hydrogen) atoms. The molecule has 2 aromatic rings. The van der Waals surface area contributed by atoms with Gasteiger partial charge in [-0.3, -0.25) is 9.78 Å². The number of carbonyl (C=O) groups excluding carboxylic acids is 1. The average molecular weight is 268 g/mol. The number of hydrogen-bond donors (Lipinski definition) is 1. The highest BCUT2D eigenvalue weighted by Crippen LogP contribution is 2.15. The van der Waals surface area contributed by atoms with E-state index in [1.165, 1.54) is 22.3 Å². The van der Waals surface area contributed by atoms with E-state index in [-0.39, 0.29) is 5.91 Å². The van der Waals surface area contributed by atoms with Gasteiger partial charge in [-0.15, -0.1) is 0 Å². The molecule has 1 aromatic heterocycles. The molecule has 0 saturated heterocycles. The van der Waals surface area contributed by atoms with Crippen LogP contribution in [0.15, 0.2) is 36.7 Å². The Balaban J connectivity index is 1.94. The van der Waals surface area contributed by atoms with E-state index in [1.54, 1.807) is 24.5 Å². The van der Waals surface area contributed by atoms with Crippen LogP contribution in [0.2, 0.25) is 0 Å². The van der Waals surface area contributed by atoms with Crippen LogP contribution < -0.4 is 5.32 Å². The summed E-state index contributed by atoms with van der Waals surface area (Å²) >= 11 is 0. The molecule has 1 N–H and O–H groups in total. The third-order valence-electron chi connectivity index (χ3n) is 3.56. The summed E-state index contributed by atoms with van der Waals surface area (Å²) in [7, 11) is 0. The lowest BCUT2D eigenvalue weighted by Crippen LogP contribution is -2.25. The van der Waals surface area contributed by atoms with E-state index >= 15 is 0 Å². The topological polar surface area (TPSA) is 42.0 Å². The van der Waals surface area contributed by atoms with E-state index in [0.29, 0.717) is 12.1 Å². The van der Waals surface area contributed by atoms with Crippen LogP contribution in [0.5, 0.6) is 0 Å². The van der Waals surface area contributed by atoms with E-state index in [0.717, 1.165) is 6.42 Å². The summed E-state index contributed by atoms with van der Waals surface area (Å²) in [6, 6.07) is 7.94. The van der Waals surface area contributed by atoms with Gasteiger partial charge in [0.2, 0.25) is 0 Å². The molecule has 1 heterocycles. The molecule has 0 saturated carbocycles. The van der Waals surface area contributed by atoms with Crippen molar-refractivity contribution < 1.29 is 4.79 Å². The maximum absolute atomic E-state index is 11.9. The molecule has 0 fully saturated rings. The second-order valence-corrected chi connectivity index (χ2v) is 5.11. The average Bonchev–Trinajstić information content (AvgIpc) is 2.45. The maximum Gasteiger partial charge on any atom is 0.252 e. The van der Waals surface area contributed by atoms with Crippen LogP contribution >= 0.6 is 0 Å². The van der Waals surface area contributed by atoms with Crippen molar-refractivity contribution in [3.8, 4) is 0 Å². The number of amides is 1. The predicted molar refractivity (Wildman–Crippen MR) is 80.9 cm³/mol. The first-order chi connectivity index (χ1) is 9.58. The lowest BCUT2D eigenvalue weighted by atomic mass is 9.99. The van der Waals surface area contributed by atoms with E-state index in [1.807, 2.05) is 0 Å². The smallest absolute Gasteiger partial charge is 0.252 e. The van der Waals surface area contributed by atoms with Crippen LogP contribution in [0.4, 0.5) is 0 Å². The normalized spacial score (nSPS) is 10.3. The molecule has 0 unspecified atom stereocenters. The zero-order valence-electron chi connectivity index (χ0n) is 12.2. The van der Waals surface area contributed by atoms with Gasteiger partial charge in [0.15, 0.2) is 0 Å². The molecule has 2 rings (SSSR count). The SMILES string of the molecule is Cc1cc(C)c(CCNC(=O)c2cccnc2)cc1C. The first-order valence-corrected chi connectivity index (χ1v) is 6.83. The number of pyridine rings is 1. The van der Waals surface area contributed by atoms with Gasteiger partial charge >= 0.3 is 0 Å². The van der Waals surface area contributed by atoms with E-state index in [4.69, 9.17) is 0 Å². The number of nitrogens with one attached hydrogen (secondary N) is 1. The van der Waals surface area contributed by atoms with Crippen molar-refractivity contribution in [2.75, 3.05) is 6.54 Å². The molecule has 3 heteroatoms. The molecule has 1 amide bonds. The quantitative estimate of drug-likeness (QED) is 0.926. The third kappa shape index (κ3) is 3.44. The lowest BCUT2D eigenvalue weighted by molar-refractivity contribution is 0.0954. The summed E-state index contributed by atoms with van der Waals surface area (Å²) in [6.07, 6.45) is 4.09. The molecule has 0 aliphatic carbocycles. The number of rotatable bonds is 4. The van der Waals surface area contributed by atoms with Gasteiger partial charge in [0.05, 0.1) is 5.56 Å². The van der Waals surface area contributed by atoms with Gasteiger partial charge in [-0.1, -0.05) is 12.1 Å². The first kappa shape index (κ1) is 14.3. The number of nitrogens with zero attached hydrogens (tertiary/aromatic N) is 1.